The number of amides is 2. The van der Waals surface area contributed by atoms with Gasteiger partial charge in [0.25, 0.3) is 5.69 Å². The Hall–Kier alpha value is -3.93. The zero-order valence-electron chi connectivity index (χ0n) is 17.3. The van der Waals surface area contributed by atoms with Crippen LogP contribution in [0.25, 0.3) is 0 Å². The van der Waals surface area contributed by atoms with Crippen LogP contribution in [0.5, 0.6) is 5.75 Å². The lowest BCUT2D eigenvalue weighted by Crippen LogP contribution is -2.17. The fraction of sp³-hybridized carbons (Fsp3) is 0.200. The first kappa shape index (κ1) is 22.7. The van der Waals surface area contributed by atoms with Crippen LogP contribution in [0.15, 0.2) is 53.7 Å². The van der Waals surface area contributed by atoms with Crippen LogP contribution in [0.4, 0.5) is 17.1 Å². The summed E-state index contributed by atoms with van der Waals surface area (Å²) >= 11 is 1.10. The zero-order chi connectivity index (χ0) is 23.1. The van der Waals surface area contributed by atoms with Crippen molar-refractivity contribution >= 4 is 40.6 Å². The Bertz CT molecular complexity index is 1130. The maximum Gasteiger partial charge on any atom is 0.296 e. The number of rotatable bonds is 9. The Morgan fingerprint density at radius 2 is 1.88 bits per heavy atom. The molecule has 0 atom stereocenters. The van der Waals surface area contributed by atoms with Crippen LogP contribution in [-0.4, -0.2) is 44.4 Å². The van der Waals surface area contributed by atoms with Crippen LogP contribution in [0.3, 0.4) is 0 Å². The number of para-hydroxylation sites is 1. The van der Waals surface area contributed by atoms with Gasteiger partial charge in [-0.15, -0.1) is 10.2 Å². The lowest BCUT2D eigenvalue weighted by molar-refractivity contribution is -0.384. The number of aromatic nitrogens is 3. The number of nitro benzene ring substituents is 1. The van der Waals surface area contributed by atoms with Crippen LogP contribution >= 0.6 is 11.8 Å². The molecule has 3 rings (SSSR count). The molecular weight excluding hydrogens is 436 g/mol. The number of thioether (sulfide) groups is 1. The molecular formula is C20H20N6O5S. The summed E-state index contributed by atoms with van der Waals surface area (Å²) in [6, 6.07) is 13.2. The van der Waals surface area contributed by atoms with E-state index in [9.17, 15) is 19.7 Å². The normalized spacial score (nSPS) is 10.4. The summed E-state index contributed by atoms with van der Waals surface area (Å²) in [6.45, 7) is 0. The predicted molar refractivity (Wildman–Crippen MR) is 119 cm³/mol. The van der Waals surface area contributed by atoms with Crippen molar-refractivity contribution in [3.8, 4) is 5.75 Å². The molecule has 0 aliphatic heterocycles. The topological polar surface area (TPSA) is 141 Å². The number of carbonyl (C=O) groups excluding carboxylic acids is 2. The smallest absolute Gasteiger partial charge is 0.296 e. The van der Waals surface area contributed by atoms with Gasteiger partial charge in [0, 0.05) is 12.7 Å². The maximum atomic E-state index is 12.3. The largest absolute Gasteiger partial charge is 0.496 e. The number of anilines is 2. The molecule has 1 heterocycles. The molecule has 11 nitrogen and oxygen atoms in total. The maximum absolute atomic E-state index is 12.3. The summed E-state index contributed by atoms with van der Waals surface area (Å²) in [7, 11) is 3.09. The van der Waals surface area contributed by atoms with Gasteiger partial charge >= 0.3 is 0 Å². The minimum Gasteiger partial charge on any atom is -0.496 e. The molecule has 0 spiro atoms. The number of benzene rings is 2. The van der Waals surface area contributed by atoms with E-state index in [1.165, 1.54) is 25.3 Å². The monoisotopic (exact) mass is 456 g/mol. The number of ether oxygens (including phenoxy) is 1. The summed E-state index contributed by atoms with van der Waals surface area (Å²) in [4.78, 5) is 35.2. The first-order valence-electron chi connectivity index (χ1n) is 9.35. The van der Waals surface area contributed by atoms with Gasteiger partial charge in [-0.05, 0) is 24.3 Å². The number of hydrogen-bond acceptors (Lipinski definition) is 8. The van der Waals surface area contributed by atoms with Crippen LogP contribution in [0.1, 0.15) is 5.82 Å². The lowest BCUT2D eigenvalue weighted by Gasteiger charge is -2.08. The minimum atomic E-state index is -0.597. The third-order valence-electron chi connectivity index (χ3n) is 4.31. The zero-order valence-corrected chi connectivity index (χ0v) is 18.1. The van der Waals surface area contributed by atoms with Gasteiger partial charge in [0.1, 0.15) is 17.3 Å². The predicted octanol–water partition coefficient (Wildman–Crippen LogP) is 2.64. The number of methoxy groups -OCH3 is 1. The van der Waals surface area contributed by atoms with Gasteiger partial charge in [-0.25, -0.2) is 0 Å². The second-order valence-electron chi connectivity index (χ2n) is 6.53. The van der Waals surface area contributed by atoms with Crippen LogP contribution < -0.4 is 15.4 Å². The van der Waals surface area contributed by atoms with Gasteiger partial charge in [0.2, 0.25) is 11.8 Å². The van der Waals surface area contributed by atoms with Crippen LogP contribution in [-0.2, 0) is 23.1 Å². The Morgan fingerprint density at radius 1 is 1.12 bits per heavy atom. The molecule has 1 aromatic heterocycles. The lowest BCUT2D eigenvalue weighted by atomic mass is 10.2. The van der Waals surface area contributed by atoms with E-state index in [0.29, 0.717) is 22.4 Å². The van der Waals surface area contributed by atoms with E-state index < -0.39 is 10.8 Å². The Morgan fingerprint density at radius 3 is 2.56 bits per heavy atom. The van der Waals surface area contributed by atoms with Crippen molar-refractivity contribution in [2.45, 2.75) is 11.6 Å². The molecule has 0 fully saturated rings. The number of carbonyl (C=O) groups is 2. The summed E-state index contributed by atoms with van der Waals surface area (Å²) < 4.78 is 6.60. The fourth-order valence-electron chi connectivity index (χ4n) is 2.71. The number of hydrogen-bond donors (Lipinski definition) is 2. The molecule has 0 saturated heterocycles. The van der Waals surface area contributed by atoms with E-state index in [4.69, 9.17) is 4.74 Å². The van der Waals surface area contributed by atoms with Crippen molar-refractivity contribution in [3.05, 3.63) is 64.5 Å². The minimum absolute atomic E-state index is 0.0171. The molecule has 0 unspecified atom stereocenters. The van der Waals surface area contributed by atoms with Crippen LogP contribution in [0.2, 0.25) is 0 Å². The van der Waals surface area contributed by atoms with Gasteiger partial charge < -0.3 is 19.9 Å². The number of nitrogens with one attached hydrogen (secondary N) is 2. The van der Waals surface area contributed by atoms with Crippen molar-refractivity contribution in [2.75, 3.05) is 23.5 Å². The van der Waals surface area contributed by atoms with Gasteiger partial charge in [-0.3, -0.25) is 19.7 Å². The Balaban J connectivity index is 1.57. The van der Waals surface area contributed by atoms with Crippen molar-refractivity contribution in [1.29, 1.82) is 0 Å². The van der Waals surface area contributed by atoms with Gasteiger partial charge in [-0.2, -0.15) is 0 Å². The molecule has 3 aromatic rings. The van der Waals surface area contributed by atoms with Crippen molar-refractivity contribution in [1.82, 2.24) is 14.8 Å². The number of nitrogens with zero attached hydrogens (tertiary/aromatic N) is 4. The second-order valence-corrected chi connectivity index (χ2v) is 7.47. The summed E-state index contributed by atoms with van der Waals surface area (Å²) in [6.07, 6.45) is 0.0171. The summed E-state index contributed by atoms with van der Waals surface area (Å²) in [5.74, 6) is 0.00678. The van der Waals surface area contributed by atoms with E-state index in [-0.39, 0.29) is 29.5 Å². The molecule has 2 N–H and O–H groups in total. The molecule has 0 aliphatic carbocycles. The third kappa shape index (κ3) is 5.82. The molecule has 0 aliphatic rings. The van der Waals surface area contributed by atoms with Crippen molar-refractivity contribution in [2.24, 2.45) is 7.05 Å². The standard InChI is InChI=1S/C20H20N6O5S/c1-25-17(11-18(27)21-13-6-4-3-5-7-13)23-24-20(25)32-12-19(28)22-15-9-8-14(31-2)10-16(15)26(29)30/h3-10H,11-12H2,1-2H3,(H,21,27)(H,22,28). The first-order valence-corrected chi connectivity index (χ1v) is 10.3. The molecule has 32 heavy (non-hydrogen) atoms. The Labute approximate surface area is 187 Å². The SMILES string of the molecule is COc1ccc(NC(=O)CSc2nnc(CC(=O)Nc3ccccc3)n2C)c([N+](=O)[O-])c1. The van der Waals surface area contributed by atoms with E-state index in [1.807, 2.05) is 18.2 Å². The van der Waals surface area contributed by atoms with Crippen LogP contribution in [0, 0.1) is 10.1 Å². The molecule has 0 bridgehead atoms. The molecule has 0 radical (unpaired) electrons. The van der Waals surface area contributed by atoms with Gasteiger partial charge in [0.05, 0.1) is 30.3 Å². The highest BCUT2D eigenvalue weighted by Crippen LogP contribution is 2.29. The molecule has 12 heteroatoms. The Kier molecular flexibility index (Phi) is 7.39. The highest BCUT2D eigenvalue weighted by molar-refractivity contribution is 7.99. The quantitative estimate of drug-likeness (QED) is 0.284. The molecule has 2 amide bonds. The molecule has 0 saturated carbocycles. The summed E-state index contributed by atoms with van der Waals surface area (Å²) in [5.41, 5.74) is 0.476. The van der Waals surface area contributed by atoms with Gasteiger partial charge in [-0.1, -0.05) is 30.0 Å². The fourth-order valence-corrected chi connectivity index (χ4v) is 3.44. The third-order valence-corrected chi connectivity index (χ3v) is 5.33. The van der Waals surface area contributed by atoms with E-state index in [0.717, 1.165) is 11.8 Å². The van der Waals surface area contributed by atoms with Crippen molar-refractivity contribution < 1.29 is 19.2 Å². The second kappa shape index (κ2) is 10.4. The highest BCUT2D eigenvalue weighted by Gasteiger charge is 2.19. The van der Waals surface area contributed by atoms with E-state index in [2.05, 4.69) is 20.8 Å². The first-order chi connectivity index (χ1) is 15.4. The van der Waals surface area contributed by atoms with Gasteiger partial charge in [0.15, 0.2) is 5.16 Å². The average Bonchev–Trinajstić information content (AvgIpc) is 3.12. The van der Waals surface area contributed by atoms with Crippen molar-refractivity contribution in [3.63, 3.8) is 0 Å². The van der Waals surface area contributed by atoms with E-state index in [1.54, 1.807) is 23.7 Å². The highest BCUT2D eigenvalue weighted by atomic mass is 32.2. The molecule has 166 valence electrons. The summed E-state index contributed by atoms with van der Waals surface area (Å²) in [5, 5.41) is 25.0. The molecule has 2 aromatic carbocycles. The van der Waals surface area contributed by atoms with E-state index >= 15 is 0 Å². The number of nitro groups is 1. The average molecular weight is 456 g/mol.